The number of fused-ring (bicyclic) bond motifs is 3. The number of rotatable bonds is 8. The first-order valence-corrected chi connectivity index (χ1v) is 11.4. The number of amides is 2. The first kappa shape index (κ1) is 23.9. The highest BCUT2D eigenvalue weighted by Gasteiger charge is 2.29. The number of carboxylic acid groups (broad SMARTS) is 1. The second-order valence-corrected chi connectivity index (χ2v) is 8.80. The van der Waals surface area contributed by atoms with Gasteiger partial charge in [0.1, 0.15) is 12.3 Å². The summed E-state index contributed by atoms with van der Waals surface area (Å²) >= 11 is 0. The van der Waals surface area contributed by atoms with E-state index in [9.17, 15) is 14.4 Å². The van der Waals surface area contributed by atoms with Crippen LogP contribution in [-0.2, 0) is 9.53 Å². The van der Waals surface area contributed by atoms with E-state index in [1.54, 1.807) is 6.07 Å². The third kappa shape index (κ3) is 5.48. The van der Waals surface area contributed by atoms with Crippen LogP contribution in [0.15, 0.2) is 66.9 Å². The number of ether oxygens (including phenoxy) is 1. The molecule has 0 bridgehead atoms. The topological polar surface area (TPSA) is 118 Å². The molecule has 2 amide bonds. The van der Waals surface area contributed by atoms with Gasteiger partial charge in [-0.1, -0.05) is 62.4 Å². The smallest absolute Gasteiger partial charge is 0.411 e. The Balaban J connectivity index is 1.35. The second kappa shape index (κ2) is 10.4. The minimum atomic E-state index is -0.986. The molecule has 1 heterocycles. The molecule has 0 saturated heterocycles. The van der Waals surface area contributed by atoms with Crippen LogP contribution in [0.4, 0.5) is 10.5 Å². The molecule has 3 N–H and O–H groups in total. The highest BCUT2D eigenvalue weighted by molar-refractivity contribution is 5.93. The van der Waals surface area contributed by atoms with E-state index >= 15 is 0 Å². The first-order chi connectivity index (χ1) is 16.8. The van der Waals surface area contributed by atoms with Crippen LogP contribution in [0.2, 0.25) is 0 Å². The molecule has 4 rings (SSSR count). The molecule has 0 radical (unpaired) electrons. The number of aromatic nitrogens is 1. The number of hydrogen-bond donors (Lipinski definition) is 3. The van der Waals surface area contributed by atoms with Crippen molar-refractivity contribution in [3.8, 4) is 11.1 Å². The third-order valence-electron chi connectivity index (χ3n) is 6.10. The number of carboxylic acids is 1. The summed E-state index contributed by atoms with van der Waals surface area (Å²) in [5.74, 6) is -1.56. The minimum Gasteiger partial charge on any atom is -0.481 e. The molecule has 0 aliphatic heterocycles. The summed E-state index contributed by atoms with van der Waals surface area (Å²) in [6, 6.07) is 18.7. The van der Waals surface area contributed by atoms with E-state index in [2.05, 4.69) is 39.9 Å². The minimum absolute atomic E-state index is 0.0444. The number of hydrogen-bond acceptors (Lipinski definition) is 5. The Morgan fingerprint density at radius 2 is 1.60 bits per heavy atom. The first-order valence-electron chi connectivity index (χ1n) is 11.4. The van der Waals surface area contributed by atoms with Crippen LogP contribution in [0.25, 0.3) is 11.1 Å². The van der Waals surface area contributed by atoms with Crippen LogP contribution in [-0.4, -0.2) is 40.7 Å². The van der Waals surface area contributed by atoms with Crippen molar-refractivity contribution in [1.29, 1.82) is 0 Å². The quantitative estimate of drug-likeness (QED) is 0.438. The SMILES string of the molecule is CC(C)C(CC(=O)O)NC(=O)c1ccc(NC(=O)OCC2c3ccccc3-c3ccccc32)cn1. The fourth-order valence-electron chi connectivity index (χ4n) is 4.24. The van der Waals surface area contributed by atoms with Crippen LogP contribution in [0.5, 0.6) is 0 Å². The summed E-state index contributed by atoms with van der Waals surface area (Å²) < 4.78 is 5.52. The van der Waals surface area contributed by atoms with Crippen molar-refractivity contribution in [3.63, 3.8) is 0 Å². The standard InChI is InChI=1S/C27H27N3O5/c1-16(2)24(13-25(31)32)30-26(33)23-12-11-17(14-28-23)29-27(34)35-15-22-20-9-5-3-7-18(20)19-8-4-6-10-21(19)22/h3-12,14,16,22,24H,13,15H2,1-2H3,(H,29,34)(H,30,33)(H,31,32). The predicted molar refractivity (Wildman–Crippen MR) is 131 cm³/mol. The zero-order chi connectivity index (χ0) is 24.9. The molecule has 8 heteroatoms. The predicted octanol–water partition coefficient (Wildman–Crippen LogP) is 4.67. The number of pyridine rings is 1. The van der Waals surface area contributed by atoms with Crippen molar-refractivity contribution in [1.82, 2.24) is 10.3 Å². The van der Waals surface area contributed by atoms with Gasteiger partial charge in [-0.25, -0.2) is 9.78 Å². The fraction of sp³-hybridized carbons (Fsp3) is 0.259. The van der Waals surface area contributed by atoms with Gasteiger partial charge in [-0.15, -0.1) is 0 Å². The fourth-order valence-corrected chi connectivity index (χ4v) is 4.24. The Bertz CT molecular complexity index is 1190. The molecular weight excluding hydrogens is 446 g/mol. The molecule has 8 nitrogen and oxygen atoms in total. The maximum atomic E-state index is 12.4. The van der Waals surface area contributed by atoms with Crippen LogP contribution in [0, 0.1) is 5.92 Å². The van der Waals surface area contributed by atoms with Gasteiger partial charge in [0.05, 0.1) is 18.3 Å². The molecule has 2 aromatic carbocycles. The van der Waals surface area contributed by atoms with E-state index in [0.717, 1.165) is 22.3 Å². The van der Waals surface area contributed by atoms with Crippen LogP contribution in [0.3, 0.4) is 0 Å². The van der Waals surface area contributed by atoms with Gasteiger partial charge in [0.2, 0.25) is 0 Å². The lowest BCUT2D eigenvalue weighted by Gasteiger charge is -2.20. The lowest BCUT2D eigenvalue weighted by molar-refractivity contribution is -0.137. The maximum absolute atomic E-state index is 12.4. The molecule has 1 aromatic heterocycles. The Morgan fingerprint density at radius 3 is 2.14 bits per heavy atom. The summed E-state index contributed by atoms with van der Waals surface area (Å²) in [7, 11) is 0. The van der Waals surface area contributed by atoms with Crippen LogP contribution in [0.1, 0.15) is 47.8 Å². The highest BCUT2D eigenvalue weighted by Crippen LogP contribution is 2.44. The summed E-state index contributed by atoms with van der Waals surface area (Å²) in [6.45, 7) is 3.86. The van der Waals surface area contributed by atoms with Crippen molar-refractivity contribution >= 4 is 23.7 Å². The molecule has 0 saturated carbocycles. The van der Waals surface area contributed by atoms with Gasteiger partial charge < -0.3 is 15.2 Å². The zero-order valence-electron chi connectivity index (χ0n) is 19.5. The molecule has 1 atom stereocenters. The summed E-state index contributed by atoms with van der Waals surface area (Å²) in [5.41, 5.74) is 5.06. The molecule has 0 spiro atoms. The second-order valence-electron chi connectivity index (χ2n) is 8.80. The van der Waals surface area contributed by atoms with Gasteiger partial charge in [0.25, 0.3) is 5.91 Å². The lowest BCUT2D eigenvalue weighted by Crippen LogP contribution is -2.40. The Kier molecular flexibility index (Phi) is 7.10. The number of aliphatic carboxylic acids is 1. The normalized spacial score (nSPS) is 13.0. The molecule has 0 fully saturated rings. The van der Waals surface area contributed by atoms with Crippen LogP contribution < -0.4 is 10.6 Å². The molecule has 1 aliphatic rings. The summed E-state index contributed by atoms with van der Waals surface area (Å²) in [4.78, 5) is 40.0. The Morgan fingerprint density at radius 1 is 0.971 bits per heavy atom. The van der Waals surface area contributed by atoms with Crippen molar-refractivity contribution < 1.29 is 24.2 Å². The molecule has 180 valence electrons. The van der Waals surface area contributed by atoms with E-state index in [-0.39, 0.29) is 30.6 Å². The molecule has 1 aliphatic carbocycles. The van der Waals surface area contributed by atoms with Crippen molar-refractivity contribution in [2.24, 2.45) is 5.92 Å². The Hall–Kier alpha value is -4.20. The molecule has 35 heavy (non-hydrogen) atoms. The van der Waals surface area contributed by atoms with E-state index in [1.807, 2.05) is 38.1 Å². The lowest BCUT2D eigenvalue weighted by atomic mass is 9.98. The summed E-state index contributed by atoms with van der Waals surface area (Å²) in [5, 5.41) is 14.4. The number of anilines is 1. The van der Waals surface area contributed by atoms with Crippen molar-refractivity contribution in [2.75, 3.05) is 11.9 Å². The number of carbonyl (C=O) groups excluding carboxylic acids is 2. The monoisotopic (exact) mass is 473 g/mol. The van der Waals surface area contributed by atoms with Crippen LogP contribution >= 0.6 is 0 Å². The number of benzene rings is 2. The largest absolute Gasteiger partial charge is 0.481 e. The van der Waals surface area contributed by atoms with Gasteiger partial charge in [0, 0.05) is 12.0 Å². The molecule has 1 unspecified atom stereocenters. The maximum Gasteiger partial charge on any atom is 0.411 e. The van der Waals surface area contributed by atoms with Gasteiger partial charge in [-0.05, 0) is 40.3 Å². The van der Waals surface area contributed by atoms with Gasteiger partial charge in [-0.3, -0.25) is 14.9 Å². The average Bonchev–Trinajstić information content (AvgIpc) is 3.16. The van der Waals surface area contributed by atoms with E-state index < -0.39 is 24.0 Å². The van der Waals surface area contributed by atoms with Crippen molar-refractivity contribution in [3.05, 3.63) is 83.7 Å². The molecule has 3 aromatic rings. The summed E-state index contributed by atoms with van der Waals surface area (Å²) in [6.07, 6.45) is 0.565. The number of nitrogens with one attached hydrogen (secondary N) is 2. The van der Waals surface area contributed by atoms with E-state index in [4.69, 9.17) is 9.84 Å². The van der Waals surface area contributed by atoms with Crippen molar-refractivity contribution in [2.45, 2.75) is 32.2 Å². The van der Waals surface area contributed by atoms with Gasteiger partial charge in [-0.2, -0.15) is 0 Å². The van der Waals surface area contributed by atoms with Gasteiger partial charge >= 0.3 is 12.1 Å². The van der Waals surface area contributed by atoms with Gasteiger partial charge in [0.15, 0.2) is 0 Å². The zero-order valence-corrected chi connectivity index (χ0v) is 19.5. The van der Waals surface area contributed by atoms with E-state index in [1.165, 1.54) is 12.3 Å². The molecular formula is C27H27N3O5. The van der Waals surface area contributed by atoms with E-state index in [0.29, 0.717) is 5.69 Å². The highest BCUT2D eigenvalue weighted by atomic mass is 16.5. The third-order valence-corrected chi connectivity index (χ3v) is 6.10. The number of nitrogens with zero attached hydrogens (tertiary/aromatic N) is 1. The average molecular weight is 474 g/mol. The number of carbonyl (C=O) groups is 3. The Labute approximate surface area is 203 Å².